The largest absolute Gasteiger partial charge is 0.342 e. The summed E-state index contributed by atoms with van der Waals surface area (Å²) in [5.74, 6) is 1.73. The molecule has 0 saturated carbocycles. The second-order valence-corrected chi connectivity index (χ2v) is 6.85. The molecule has 0 saturated heterocycles. The Bertz CT molecular complexity index is 1100. The van der Waals surface area contributed by atoms with Crippen LogP contribution in [0.25, 0.3) is 11.0 Å². The molecule has 4 aromatic rings. The molecule has 1 atom stereocenters. The number of anilines is 1. The summed E-state index contributed by atoms with van der Waals surface area (Å²) in [6, 6.07) is 15.6. The number of carbonyl (C=O) groups is 1. The molecule has 0 spiro atoms. The van der Waals surface area contributed by atoms with Crippen LogP contribution in [0.15, 0.2) is 60.9 Å². The second kappa shape index (κ2) is 7.68. The maximum atomic E-state index is 12.7. The minimum absolute atomic E-state index is 0.0731. The first-order chi connectivity index (χ1) is 13.6. The lowest BCUT2D eigenvalue weighted by atomic mass is 10.1. The van der Waals surface area contributed by atoms with E-state index in [1.165, 1.54) is 5.56 Å². The van der Waals surface area contributed by atoms with Crippen LogP contribution in [0, 0.1) is 0 Å². The van der Waals surface area contributed by atoms with Crippen molar-refractivity contribution in [2.75, 3.05) is 5.32 Å². The lowest BCUT2D eigenvalue weighted by molar-refractivity contribution is -0.118. The number of aromatic nitrogens is 4. The van der Waals surface area contributed by atoms with Gasteiger partial charge >= 0.3 is 0 Å². The van der Waals surface area contributed by atoms with E-state index in [9.17, 15) is 4.79 Å². The topological polar surface area (TPSA) is 75.6 Å². The van der Waals surface area contributed by atoms with Crippen LogP contribution < -0.4 is 5.32 Å². The van der Waals surface area contributed by atoms with Crippen LogP contribution in [0.4, 0.5) is 5.69 Å². The van der Waals surface area contributed by atoms with Crippen molar-refractivity contribution in [2.45, 2.75) is 32.7 Å². The molecule has 6 heteroatoms. The minimum Gasteiger partial charge on any atom is -0.342 e. The highest BCUT2D eigenvalue weighted by Crippen LogP contribution is 2.20. The predicted octanol–water partition coefficient (Wildman–Crippen LogP) is 4.11. The number of amides is 1. The summed E-state index contributed by atoms with van der Waals surface area (Å²) < 4.78 is 1.90. The molecule has 0 bridgehead atoms. The maximum absolute atomic E-state index is 12.7. The van der Waals surface area contributed by atoms with Crippen molar-refractivity contribution in [3.63, 3.8) is 0 Å². The van der Waals surface area contributed by atoms with Crippen LogP contribution >= 0.6 is 0 Å². The van der Waals surface area contributed by atoms with Crippen LogP contribution in [0.3, 0.4) is 0 Å². The third kappa shape index (κ3) is 3.67. The number of carbonyl (C=O) groups excluding carboxylic acids is 1. The Kier molecular flexibility index (Phi) is 4.93. The number of nitrogens with zero attached hydrogens (tertiary/aromatic N) is 3. The van der Waals surface area contributed by atoms with Gasteiger partial charge in [0.15, 0.2) is 0 Å². The van der Waals surface area contributed by atoms with Gasteiger partial charge in [-0.1, -0.05) is 37.3 Å². The number of imidazole rings is 2. The molecule has 2 aromatic heterocycles. The second-order valence-electron chi connectivity index (χ2n) is 6.85. The van der Waals surface area contributed by atoms with Gasteiger partial charge in [0.05, 0.1) is 11.0 Å². The molecule has 0 unspecified atom stereocenters. The first-order valence-electron chi connectivity index (χ1n) is 9.49. The molecule has 4 rings (SSSR count). The van der Waals surface area contributed by atoms with Gasteiger partial charge in [0, 0.05) is 30.9 Å². The number of aryl methyl sites for hydroxylation is 1. The van der Waals surface area contributed by atoms with E-state index in [1.54, 1.807) is 6.20 Å². The van der Waals surface area contributed by atoms with Crippen molar-refractivity contribution in [1.29, 1.82) is 0 Å². The monoisotopic (exact) mass is 373 g/mol. The SMILES string of the molecule is CCc1nccn1[C@@H](C)C(=O)Nc1ccc2nc(Cc3ccccc3)[nH]c2c1. The minimum atomic E-state index is -0.330. The fourth-order valence-corrected chi connectivity index (χ4v) is 3.36. The summed E-state index contributed by atoms with van der Waals surface area (Å²) in [6.07, 6.45) is 5.11. The molecular formula is C22H23N5O. The molecular weight excluding hydrogens is 350 g/mol. The third-order valence-electron chi connectivity index (χ3n) is 4.87. The van der Waals surface area contributed by atoms with Crippen molar-refractivity contribution in [1.82, 2.24) is 19.5 Å². The van der Waals surface area contributed by atoms with Crippen LogP contribution in [-0.4, -0.2) is 25.4 Å². The van der Waals surface area contributed by atoms with Crippen LogP contribution in [0.5, 0.6) is 0 Å². The average Bonchev–Trinajstić information content (AvgIpc) is 3.33. The molecule has 2 N–H and O–H groups in total. The zero-order chi connectivity index (χ0) is 19.5. The molecule has 0 radical (unpaired) electrons. The highest BCUT2D eigenvalue weighted by molar-refractivity contribution is 5.95. The van der Waals surface area contributed by atoms with Gasteiger partial charge in [-0.3, -0.25) is 4.79 Å². The molecule has 0 fully saturated rings. The van der Waals surface area contributed by atoms with Crippen LogP contribution in [0.1, 0.15) is 37.1 Å². The number of aromatic amines is 1. The molecule has 0 aliphatic carbocycles. The van der Waals surface area contributed by atoms with Gasteiger partial charge in [0.25, 0.3) is 0 Å². The summed E-state index contributed by atoms with van der Waals surface area (Å²) in [5.41, 5.74) is 3.75. The van der Waals surface area contributed by atoms with Crippen molar-refractivity contribution >= 4 is 22.6 Å². The first kappa shape index (κ1) is 18.0. The zero-order valence-electron chi connectivity index (χ0n) is 16.0. The molecule has 0 aliphatic heterocycles. The maximum Gasteiger partial charge on any atom is 0.247 e. The Morgan fingerprint density at radius 2 is 2.04 bits per heavy atom. The van der Waals surface area contributed by atoms with E-state index < -0.39 is 0 Å². The van der Waals surface area contributed by atoms with Crippen molar-refractivity contribution in [3.8, 4) is 0 Å². The standard InChI is InChI=1S/C22H23N5O/c1-3-21-23-11-12-27(21)15(2)22(28)24-17-9-10-18-19(14-17)26-20(25-18)13-16-7-5-4-6-8-16/h4-12,14-15H,3,13H2,1-2H3,(H,24,28)(H,25,26)/t15-/m0/s1. The lowest BCUT2D eigenvalue weighted by Gasteiger charge is -2.15. The summed E-state index contributed by atoms with van der Waals surface area (Å²) >= 11 is 0. The Labute approximate surface area is 163 Å². The molecule has 28 heavy (non-hydrogen) atoms. The van der Waals surface area contributed by atoms with Gasteiger partial charge in [0.1, 0.15) is 17.7 Å². The van der Waals surface area contributed by atoms with E-state index in [1.807, 2.05) is 61.0 Å². The van der Waals surface area contributed by atoms with E-state index >= 15 is 0 Å². The molecule has 2 heterocycles. The Balaban J connectivity index is 1.50. The number of fused-ring (bicyclic) bond motifs is 1. The van der Waals surface area contributed by atoms with Crippen LogP contribution in [0.2, 0.25) is 0 Å². The summed E-state index contributed by atoms with van der Waals surface area (Å²) in [6.45, 7) is 3.91. The first-order valence-corrected chi connectivity index (χ1v) is 9.49. The fraction of sp³-hybridized carbons (Fsp3) is 0.227. The number of H-pyrrole nitrogens is 1. The highest BCUT2D eigenvalue weighted by Gasteiger charge is 2.17. The van der Waals surface area contributed by atoms with Gasteiger partial charge in [-0.25, -0.2) is 9.97 Å². The van der Waals surface area contributed by atoms with Gasteiger partial charge in [0.2, 0.25) is 5.91 Å². The number of nitrogens with one attached hydrogen (secondary N) is 2. The van der Waals surface area contributed by atoms with Crippen LogP contribution in [-0.2, 0) is 17.6 Å². The molecule has 0 aliphatic rings. The van der Waals surface area contributed by atoms with E-state index in [0.717, 1.165) is 41.2 Å². The Hall–Kier alpha value is -3.41. The third-order valence-corrected chi connectivity index (χ3v) is 4.87. The molecule has 1 amide bonds. The van der Waals surface area contributed by atoms with Gasteiger partial charge in [-0.2, -0.15) is 0 Å². The average molecular weight is 373 g/mol. The van der Waals surface area contributed by atoms with Crippen molar-refractivity contribution < 1.29 is 4.79 Å². The molecule has 142 valence electrons. The van der Waals surface area contributed by atoms with Crippen molar-refractivity contribution in [3.05, 3.63) is 78.1 Å². The Morgan fingerprint density at radius 3 is 2.82 bits per heavy atom. The van der Waals surface area contributed by atoms with E-state index in [-0.39, 0.29) is 11.9 Å². The smallest absolute Gasteiger partial charge is 0.247 e. The summed E-state index contributed by atoms with van der Waals surface area (Å²) in [5, 5.41) is 3.00. The number of hydrogen-bond acceptors (Lipinski definition) is 3. The van der Waals surface area contributed by atoms with E-state index in [4.69, 9.17) is 0 Å². The lowest BCUT2D eigenvalue weighted by Crippen LogP contribution is -2.24. The van der Waals surface area contributed by atoms with Crippen molar-refractivity contribution in [2.24, 2.45) is 0 Å². The number of rotatable bonds is 6. The highest BCUT2D eigenvalue weighted by atomic mass is 16.2. The fourth-order valence-electron chi connectivity index (χ4n) is 3.36. The Morgan fingerprint density at radius 1 is 1.21 bits per heavy atom. The van der Waals surface area contributed by atoms with E-state index in [2.05, 4.69) is 32.4 Å². The molecule has 2 aromatic carbocycles. The zero-order valence-corrected chi connectivity index (χ0v) is 16.0. The van der Waals surface area contributed by atoms with Gasteiger partial charge in [-0.05, 0) is 30.7 Å². The van der Waals surface area contributed by atoms with Gasteiger partial charge in [-0.15, -0.1) is 0 Å². The van der Waals surface area contributed by atoms with E-state index in [0.29, 0.717) is 0 Å². The normalized spacial score (nSPS) is 12.2. The van der Waals surface area contributed by atoms with Gasteiger partial charge < -0.3 is 14.9 Å². The quantitative estimate of drug-likeness (QED) is 0.534. The number of benzene rings is 2. The molecule has 6 nitrogen and oxygen atoms in total. The summed E-state index contributed by atoms with van der Waals surface area (Å²) in [4.78, 5) is 25.0. The number of hydrogen-bond donors (Lipinski definition) is 2. The predicted molar refractivity (Wildman–Crippen MR) is 110 cm³/mol. The summed E-state index contributed by atoms with van der Waals surface area (Å²) in [7, 11) is 0.